The third-order valence-electron chi connectivity index (χ3n) is 4.14. The molecule has 1 N–H and O–H groups in total. The number of benzene rings is 3. The molecular weight excluding hydrogens is 330 g/mol. The van der Waals surface area contributed by atoms with Crippen molar-refractivity contribution in [3.63, 3.8) is 0 Å². The van der Waals surface area contributed by atoms with E-state index < -0.39 is 0 Å². The minimum absolute atomic E-state index is 0.525. The average molecular weight is 352 g/mol. The summed E-state index contributed by atoms with van der Waals surface area (Å²) < 4.78 is 6.02. The molecule has 3 heteroatoms. The van der Waals surface area contributed by atoms with Crippen LogP contribution in [0.5, 0.6) is 5.75 Å². The molecule has 0 aromatic heterocycles. The second-order valence-electron chi connectivity index (χ2n) is 6.19. The van der Waals surface area contributed by atoms with Gasteiger partial charge in [-0.15, -0.1) is 0 Å². The van der Waals surface area contributed by atoms with Gasteiger partial charge in [-0.05, 0) is 54.8 Å². The summed E-state index contributed by atoms with van der Waals surface area (Å²) in [6.45, 7) is 5.47. The van der Waals surface area contributed by atoms with E-state index in [1.807, 2.05) is 42.5 Å². The van der Waals surface area contributed by atoms with E-state index in [1.165, 1.54) is 11.1 Å². The third-order valence-corrected chi connectivity index (χ3v) is 4.39. The van der Waals surface area contributed by atoms with Gasteiger partial charge in [0.2, 0.25) is 0 Å². The predicted octanol–water partition coefficient (Wildman–Crippen LogP) is 6.15. The van der Waals surface area contributed by atoms with E-state index in [9.17, 15) is 0 Å². The summed E-state index contributed by atoms with van der Waals surface area (Å²) in [5.74, 6) is 0.898. The molecule has 3 rings (SSSR count). The van der Waals surface area contributed by atoms with Gasteiger partial charge in [0.15, 0.2) is 0 Å². The summed E-state index contributed by atoms with van der Waals surface area (Å²) in [6, 6.07) is 22.3. The number of ether oxygens (including phenoxy) is 1. The molecule has 0 heterocycles. The summed E-state index contributed by atoms with van der Waals surface area (Å²) >= 11 is 5.93. The van der Waals surface area contributed by atoms with E-state index in [2.05, 4.69) is 43.4 Å². The molecule has 0 aliphatic rings. The number of rotatable bonds is 6. The smallest absolute Gasteiger partial charge is 0.124 e. The molecule has 0 fully saturated rings. The molecule has 3 aromatic carbocycles. The Balaban J connectivity index is 1.68. The zero-order valence-electron chi connectivity index (χ0n) is 14.6. The van der Waals surface area contributed by atoms with Crippen LogP contribution in [0.1, 0.15) is 22.3 Å². The van der Waals surface area contributed by atoms with Crippen LogP contribution in [0.3, 0.4) is 0 Å². The van der Waals surface area contributed by atoms with Gasteiger partial charge < -0.3 is 10.1 Å². The van der Waals surface area contributed by atoms with Crippen LogP contribution in [-0.2, 0) is 13.2 Å². The normalized spacial score (nSPS) is 10.5. The molecule has 3 aromatic rings. The van der Waals surface area contributed by atoms with Crippen LogP contribution in [0.2, 0.25) is 5.02 Å². The Labute approximate surface area is 154 Å². The van der Waals surface area contributed by atoms with Gasteiger partial charge in [0.05, 0.1) is 0 Å². The quantitative estimate of drug-likeness (QED) is 0.575. The standard InChI is InChI=1S/C22H22ClNO/c1-16-7-8-17(2)21(13-16)24-14-19-5-3-4-6-22(19)25-15-18-9-11-20(23)12-10-18/h3-13,24H,14-15H2,1-2H3. The molecular formula is C22H22ClNO. The van der Waals surface area contributed by atoms with Crippen molar-refractivity contribution >= 4 is 17.3 Å². The maximum Gasteiger partial charge on any atom is 0.124 e. The van der Waals surface area contributed by atoms with E-state index in [0.717, 1.165) is 34.1 Å². The predicted molar refractivity (Wildman–Crippen MR) is 105 cm³/mol. The molecule has 0 saturated carbocycles. The zero-order chi connectivity index (χ0) is 17.6. The molecule has 0 amide bonds. The van der Waals surface area contributed by atoms with Crippen molar-refractivity contribution in [3.8, 4) is 5.75 Å². The lowest BCUT2D eigenvalue weighted by Gasteiger charge is -2.14. The lowest BCUT2D eigenvalue weighted by molar-refractivity contribution is 0.303. The van der Waals surface area contributed by atoms with Crippen molar-refractivity contribution in [1.82, 2.24) is 0 Å². The molecule has 25 heavy (non-hydrogen) atoms. The number of anilines is 1. The maximum atomic E-state index is 6.02. The van der Waals surface area contributed by atoms with Crippen molar-refractivity contribution in [2.24, 2.45) is 0 Å². The number of halogens is 1. The van der Waals surface area contributed by atoms with Gasteiger partial charge in [0.25, 0.3) is 0 Å². The van der Waals surface area contributed by atoms with Crippen LogP contribution in [-0.4, -0.2) is 0 Å². The summed E-state index contributed by atoms with van der Waals surface area (Å²) in [6.07, 6.45) is 0. The second kappa shape index (κ2) is 8.09. The van der Waals surface area contributed by atoms with Crippen LogP contribution in [0.15, 0.2) is 66.7 Å². The fourth-order valence-corrected chi connectivity index (χ4v) is 2.78. The van der Waals surface area contributed by atoms with E-state index in [1.54, 1.807) is 0 Å². The fraction of sp³-hybridized carbons (Fsp3) is 0.182. The largest absolute Gasteiger partial charge is 0.489 e. The highest BCUT2D eigenvalue weighted by Gasteiger charge is 2.05. The topological polar surface area (TPSA) is 21.3 Å². The molecule has 0 aliphatic heterocycles. The van der Waals surface area contributed by atoms with Gasteiger partial charge >= 0.3 is 0 Å². The van der Waals surface area contributed by atoms with Crippen molar-refractivity contribution in [1.29, 1.82) is 0 Å². The Hall–Kier alpha value is -2.45. The molecule has 0 aliphatic carbocycles. The van der Waals surface area contributed by atoms with Crippen LogP contribution in [0.25, 0.3) is 0 Å². The highest BCUT2D eigenvalue weighted by Crippen LogP contribution is 2.23. The summed E-state index contributed by atoms with van der Waals surface area (Å²) in [5, 5.41) is 4.26. The molecule has 0 spiro atoms. The van der Waals surface area contributed by atoms with E-state index >= 15 is 0 Å². The monoisotopic (exact) mass is 351 g/mol. The highest BCUT2D eigenvalue weighted by atomic mass is 35.5. The van der Waals surface area contributed by atoms with Gasteiger partial charge in [0.1, 0.15) is 12.4 Å². The average Bonchev–Trinajstić information content (AvgIpc) is 2.63. The molecule has 0 bridgehead atoms. The second-order valence-corrected chi connectivity index (χ2v) is 6.63. The first-order valence-electron chi connectivity index (χ1n) is 8.38. The lowest BCUT2D eigenvalue weighted by atomic mass is 10.1. The van der Waals surface area contributed by atoms with E-state index in [4.69, 9.17) is 16.3 Å². The highest BCUT2D eigenvalue weighted by molar-refractivity contribution is 6.30. The number of hydrogen-bond donors (Lipinski definition) is 1. The SMILES string of the molecule is Cc1ccc(C)c(NCc2ccccc2OCc2ccc(Cl)cc2)c1. The van der Waals surface area contributed by atoms with Gasteiger partial charge in [0, 0.05) is 22.8 Å². The van der Waals surface area contributed by atoms with Gasteiger partial charge in [-0.1, -0.05) is 54.1 Å². The van der Waals surface area contributed by atoms with Gasteiger partial charge in [-0.2, -0.15) is 0 Å². The minimum Gasteiger partial charge on any atom is -0.489 e. The zero-order valence-corrected chi connectivity index (χ0v) is 15.3. The molecule has 128 valence electrons. The van der Waals surface area contributed by atoms with Gasteiger partial charge in [-0.25, -0.2) is 0 Å². The Bertz CT molecular complexity index is 843. The lowest BCUT2D eigenvalue weighted by Crippen LogP contribution is -2.04. The Morgan fingerprint density at radius 2 is 1.68 bits per heavy atom. The molecule has 0 saturated heterocycles. The van der Waals surface area contributed by atoms with Crippen LogP contribution < -0.4 is 10.1 Å². The summed E-state index contributed by atoms with van der Waals surface area (Å²) in [5.41, 5.74) is 5.89. The number of hydrogen-bond acceptors (Lipinski definition) is 2. The Morgan fingerprint density at radius 3 is 2.48 bits per heavy atom. The molecule has 2 nitrogen and oxygen atoms in total. The first kappa shape index (κ1) is 17.4. The van der Waals surface area contributed by atoms with E-state index in [-0.39, 0.29) is 0 Å². The van der Waals surface area contributed by atoms with Crippen molar-refractivity contribution in [2.75, 3.05) is 5.32 Å². The van der Waals surface area contributed by atoms with Crippen molar-refractivity contribution < 1.29 is 4.74 Å². The fourth-order valence-electron chi connectivity index (χ4n) is 2.65. The van der Waals surface area contributed by atoms with Crippen LogP contribution >= 0.6 is 11.6 Å². The number of para-hydroxylation sites is 1. The van der Waals surface area contributed by atoms with E-state index in [0.29, 0.717) is 6.61 Å². The number of aryl methyl sites for hydroxylation is 2. The third kappa shape index (κ3) is 4.77. The molecule has 0 radical (unpaired) electrons. The first-order valence-corrected chi connectivity index (χ1v) is 8.76. The van der Waals surface area contributed by atoms with Crippen LogP contribution in [0, 0.1) is 13.8 Å². The van der Waals surface area contributed by atoms with Crippen molar-refractivity contribution in [3.05, 3.63) is 94.0 Å². The Morgan fingerprint density at radius 1 is 0.920 bits per heavy atom. The maximum absolute atomic E-state index is 6.02. The van der Waals surface area contributed by atoms with Crippen LogP contribution in [0.4, 0.5) is 5.69 Å². The Kier molecular flexibility index (Phi) is 5.62. The van der Waals surface area contributed by atoms with Crippen molar-refractivity contribution in [2.45, 2.75) is 27.0 Å². The van der Waals surface area contributed by atoms with Gasteiger partial charge in [-0.3, -0.25) is 0 Å². The number of nitrogens with one attached hydrogen (secondary N) is 1. The summed E-state index contributed by atoms with van der Waals surface area (Å²) in [7, 11) is 0. The molecule has 0 atom stereocenters. The first-order chi connectivity index (χ1) is 12.1. The minimum atomic E-state index is 0.525. The summed E-state index contributed by atoms with van der Waals surface area (Å²) in [4.78, 5) is 0. The molecule has 0 unspecified atom stereocenters.